The summed E-state index contributed by atoms with van der Waals surface area (Å²) in [5, 5.41) is 14.3. The van der Waals surface area contributed by atoms with Crippen LogP contribution in [0, 0.1) is 19.8 Å². The van der Waals surface area contributed by atoms with Gasteiger partial charge < -0.3 is 20.2 Å². The molecule has 0 radical (unpaired) electrons. The second-order valence-corrected chi connectivity index (χ2v) is 9.53. The molecule has 10 nitrogen and oxygen atoms in total. The van der Waals surface area contributed by atoms with Gasteiger partial charge in [-0.05, 0) is 73.4 Å². The van der Waals surface area contributed by atoms with Crippen molar-refractivity contribution in [2.45, 2.75) is 77.9 Å². The molecule has 3 rings (SSSR count). The van der Waals surface area contributed by atoms with Crippen molar-refractivity contribution >= 4 is 24.1 Å². The Morgan fingerprint density at radius 1 is 1.15 bits per heavy atom. The monoisotopic (exact) mass is 477 g/mol. The second-order valence-electron chi connectivity index (χ2n) is 9.53. The average Bonchev–Trinajstić information content (AvgIpc) is 3.07. The normalized spacial score (nSPS) is 22.5. The molecule has 1 unspecified atom stereocenters. The third-order valence-electron chi connectivity index (χ3n) is 6.91. The summed E-state index contributed by atoms with van der Waals surface area (Å²) >= 11 is 0. The Hall–Kier alpha value is -2.75. The number of nitrogens with zero attached hydrogens (tertiary/aromatic N) is 4. The number of amides is 2. The Labute approximate surface area is 201 Å². The first-order chi connectivity index (χ1) is 16.1. The quantitative estimate of drug-likeness (QED) is 0.471. The highest BCUT2D eigenvalue weighted by Gasteiger charge is 2.33. The lowest BCUT2D eigenvalue weighted by Crippen LogP contribution is -2.50. The fourth-order valence-corrected chi connectivity index (χ4v) is 5.09. The summed E-state index contributed by atoms with van der Waals surface area (Å²) in [6.45, 7) is 6.68. The molecule has 2 N–H and O–H groups in total. The van der Waals surface area contributed by atoms with Crippen molar-refractivity contribution in [2.75, 3.05) is 27.2 Å². The molecule has 0 aromatic carbocycles. The van der Waals surface area contributed by atoms with E-state index in [0.29, 0.717) is 17.3 Å². The summed E-state index contributed by atoms with van der Waals surface area (Å²) in [4.78, 5) is 49.9. The van der Waals surface area contributed by atoms with Crippen LogP contribution in [0.2, 0.25) is 0 Å². The number of rotatable bonds is 6. The van der Waals surface area contributed by atoms with E-state index >= 15 is 0 Å². The molecule has 1 aliphatic heterocycles. The number of nitrogens with one attached hydrogen (secondary N) is 1. The van der Waals surface area contributed by atoms with E-state index in [0.717, 1.165) is 57.3 Å². The van der Waals surface area contributed by atoms with Crippen molar-refractivity contribution in [1.82, 2.24) is 24.9 Å². The Kier molecular flexibility index (Phi) is 10.2. The molecular formula is C24H39N5O5. The van der Waals surface area contributed by atoms with Crippen molar-refractivity contribution in [3.8, 4) is 0 Å². The van der Waals surface area contributed by atoms with Gasteiger partial charge in [-0.25, -0.2) is 0 Å². The van der Waals surface area contributed by atoms with Crippen molar-refractivity contribution in [3.63, 3.8) is 0 Å². The number of likely N-dealkylation sites (tertiary alicyclic amines) is 1. The minimum Gasteiger partial charge on any atom is -0.483 e. The van der Waals surface area contributed by atoms with E-state index in [4.69, 9.17) is 9.90 Å². The SMILES string of the molecule is CC(=O)c1c(C)nn(CC(=O)NC2CCC(C(=O)N3CCCC(N(C)C)C3)CC2)c1C.O=CO. The van der Waals surface area contributed by atoms with Gasteiger partial charge in [0.05, 0.1) is 11.3 Å². The zero-order chi connectivity index (χ0) is 25.4. The van der Waals surface area contributed by atoms with Crippen LogP contribution in [0.4, 0.5) is 0 Å². The molecule has 2 amide bonds. The van der Waals surface area contributed by atoms with Crippen LogP contribution in [-0.2, 0) is 20.9 Å². The number of aryl methyl sites for hydroxylation is 1. The van der Waals surface area contributed by atoms with Crippen LogP contribution < -0.4 is 5.32 Å². The van der Waals surface area contributed by atoms with Crippen LogP contribution in [0.1, 0.15) is 67.2 Å². The van der Waals surface area contributed by atoms with Crippen LogP contribution >= 0.6 is 0 Å². The van der Waals surface area contributed by atoms with Gasteiger partial charge in [-0.3, -0.25) is 23.9 Å². The number of ketones is 1. The molecule has 0 bridgehead atoms. The predicted octanol–water partition coefficient (Wildman–Crippen LogP) is 1.63. The topological polar surface area (TPSA) is 125 Å². The predicted molar refractivity (Wildman–Crippen MR) is 128 cm³/mol. The third-order valence-corrected chi connectivity index (χ3v) is 6.91. The molecule has 1 aliphatic carbocycles. The van der Waals surface area contributed by atoms with Gasteiger partial charge in [-0.1, -0.05) is 0 Å². The number of aromatic nitrogens is 2. The van der Waals surface area contributed by atoms with Crippen molar-refractivity contribution in [1.29, 1.82) is 0 Å². The van der Waals surface area contributed by atoms with E-state index < -0.39 is 0 Å². The lowest BCUT2D eigenvalue weighted by Gasteiger charge is -2.39. The lowest BCUT2D eigenvalue weighted by atomic mass is 9.84. The first-order valence-corrected chi connectivity index (χ1v) is 12.0. The first-order valence-electron chi connectivity index (χ1n) is 12.0. The Morgan fingerprint density at radius 2 is 1.76 bits per heavy atom. The van der Waals surface area contributed by atoms with Crippen molar-refractivity contribution < 1.29 is 24.3 Å². The number of carboxylic acid groups (broad SMARTS) is 1. The Morgan fingerprint density at radius 3 is 2.29 bits per heavy atom. The molecule has 2 fully saturated rings. The van der Waals surface area contributed by atoms with E-state index in [1.807, 2.05) is 11.8 Å². The number of carbonyl (C=O) groups is 4. The minimum atomic E-state index is -0.250. The first kappa shape index (κ1) is 27.5. The van der Waals surface area contributed by atoms with E-state index in [1.54, 1.807) is 11.6 Å². The number of carbonyl (C=O) groups excluding carboxylic acids is 3. The largest absolute Gasteiger partial charge is 0.483 e. The van der Waals surface area contributed by atoms with Gasteiger partial charge in [-0.15, -0.1) is 0 Å². The highest BCUT2D eigenvalue weighted by molar-refractivity contribution is 5.96. The van der Waals surface area contributed by atoms with Gasteiger partial charge in [-0.2, -0.15) is 5.10 Å². The van der Waals surface area contributed by atoms with Gasteiger partial charge >= 0.3 is 0 Å². The minimum absolute atomic E-state index is 0.0322. The fraction of sp³-hybridized carbons (Fsp3) is 0.708. The molecular weight excluding hydrogens is 438 g/mol. The standard InChI is InChI=1S/C23H37N5O3.CH2O2/c1-15-22(17(3)29)16(2)28(25-15)14-21(30)24-19-10-8-18(9-11-19)23(31)27-12-6-7-20(13-27)26(4)5;2-1-3/h18-20H,6-14H2,1-5H3,(H,24,30);1H,(H,2,3). The summed E-state index contributed by atoms with van der Waals surface area (Å²) in [6.07, 6.45) is 5.50. The second kappa shape index (κ2) is 12.6. The van der Waals surface area contributed by atoms with Crippen LogP contribution in [0.3, 0.4) is 0 Å². The van der Waals surface area contributed by atoms with E-state index in [1.165, 1.54) is 6.92 Å². The average molecular weight is 478 g/mol. The number of hydrogen-bond donors (Lipinski definition) is 2. The molecule has 190 valence electrons. The maximum Gasteiger partial charge on any atom is 0.290 e. The van der Waals surface area contributed by atoms with Gasteiger partial charge in [0.2, 0.25) is 11.8 Å². The van der Waals surface area contributed by atoms with Crippen molar-refractivity contribution in [3.05, 3.63) is 17.0 Å². The molecule has 2 heterocycles. The number of hydrogen-bond acceptors (Lipinski definition) is 6. The summed E-state index contributed by atoms with van der Waals surface area (Å²) in [7, 11) is 4.17. The van der Waals surface area contributed by atoms with Gasteiger partial charge in [0.25, 0.3) is 6.47 Å². The maximum absolute atomic E-state index is 13.0. The highest BCUT2D eigenvalue weighted by Crippen LogP contribution is 2.27. The van der Waals surface area contributed by atoms with Crippen LogP contribution in [0.25, 0.3) is 0 Å². The zero-order valence-corrected chi connectivity index (χ0v) is 21.0. The van der Waals surface area contributed by atoms with E-state index in [9.17, 15) is 14.4 Å². The summed E-state index contributed by atoms with van der Waals surface area (Å²) in [5.41, 5.74) is 1.99. The molecule has 0 spiro atoms. The molecule has 10 heteroatoms. The van der Waals surface area contributed by atoms with E-state index in [-0.39, 0.29) is 42.6 Å². The molecule has 1 saturated carbocycles. The Bertz CT molecular complexity index is 873. The van der Waals surface area contributed by atoms with Crippen LogP contribution in [-0.4, -0.2) is 88.0 Å². The molecule has 1 saturated heterocycles. The highest BCUT2D eigenvalue weighted by atomic mass is 16.3. The smallest absolute Gasteiger partial charge is 0.290 e. The number of Topliss-reactive ketones (excluding diaryl/α,β-unsaturated/α-hetero) is 1. The molecule has 1 atom stereocenters. The maximum atomic E-state index is 13.0. The summed E-state index contributed by atoms with van der Waals surface area (Å²) < 4.78 is 1.61. The number of piperidine rings is 1. The van der Waals surface area contributed by atoms with Gasteiger partial charge in [0.1, 0.15) is 6.54 Å². The van der Waals surface area contributed by atoms with Gasteiger partial charge in [0, 0.05) is 36.8 Å². The lowest BCUT2D eigenvalue weighted by molar-refractivity contribution is -0.138. The molecule has 34 heavy (non-hydrogen) atoms. The van der Waals surface area contributed by atoms with Gasteiger partial charge in [0.15, 0.2) is 5.78 Å². The van der Waals surface area contributed by atoms with Crippen molar-refractivity contribution in [2.24, 2.45) is 5.92 Å². The Balaban J connectivity index is 0.00000129. The van der Waals surface area contributed by atoms with E-state index in [2.05, 4.69) is 29.4 Å². The zero-order valence-electron chi connectivity index (χ0n) is 21.0. The third kappa shape index (κ3) is 7.12. The number of likely N-dealkylation sites (N-methyl/N-ethyl adjacent to an activating group) is 1. The fourth-order valence-electron chi connectivity index (χ4n) is 5.09. The summed E-state index contributed by atoms with van der Waals surface area (Å²) in [5.74, 6) is 0.231. The van der Waals surface area contributed by atoms with Crippen LogP contribution in [0.15, 0.2) is 0 Å². The molecule has 2 aliphatic rings. The van der Waals surface area contributed by atoms with Crippen LogP contribution in [0.5, 0.6) is 0 Å². The molecule has 1 aromatic rings. The summed E-state index contributed by atoms with van der Waals surface area (Å²) in [6, 6.07) is 0.544. The molecule has 1 aromatic heterocycles.